The molecule has 6 nitrogen and oxygen atoms in total. The summed E-state index contributed by atoms with van der Waals surface area (Å²) in [6.07, 6.45) is 1.16. The van der Waals surface area contributed by atoms with E-state index in [1.807, 2.05) is 43.3 Å². The van der Waals surface area contributed by atoms with Gasteiger partial charge in [-0.05, 0) is 25.1 Å². The summed E-state index contributed by atoms with van der Waals surface area (Å²) in [6.45, 7) is 7.28. The number of hydrogen-bond acceptors (Lipinski definition) is 7. The summed E-state index contributed by atoms with van der Waals surface area (Å²) in [7, 11) is 0. The number of aryl methyl sites for hydroxylation is 1. The molecule has 0 fully saturated rings. The van der Waals surface area contributed by atoms with E-state index in [0.29, 0.717) is 22.5 Å². The van der Waals surface area contributed by atoms with Gasteiger partial charge < -0.3 is 4.74 Å². The van der Waals surface area contributed by atoms with E-state index in [4.69, 9.17) is 4.74 Å². The molecule has 1 aliphatic rings. The first-order valence-corrected chi connectivity index (χ1v) is 10.5. The van der Waals surface area contributed by atoms with Gasteiger partial charge >= 0.3 is 0 Å². The fraction of sp³-hybridized carbons (Fsp3) is 0.200. The number of carbonyl (C=O) groups excluding carboxylic acids is 1. The van der Waals surface area contributed by atoms with Crippen LogP contribution in [0.4, 0.5) is 5.69 Å². The van der Waals surface area contributed by atoms with Gasteiger partial charge in [0, 0.05) is 23.1 Å². The molecule has 1 atom stereocenters. The number of amides is 1. The summed E-state index contributed by atoms with van der Waals surface area (Å²) in [5.74, 6) is 0.920. The summed E-state index contributed by atoms with van der Waals surface area (Å²) in [5, 5.41) is 9.10. The highest BCUT2D eigenvalue weighted by molar-refractivity contribution is 7.99. The molecule has 8 heteroatoms. The van der Waals surface area contributed by atoms with Gasteiger partial charge in [-0.25, -0.2) is 0 Å². The van der Waals surface area contributed by atoms with Crippen LogP contribution in [0.15, 0.2) is 54.2 Å². The topological polar surface area (TPSA) is 68.2 Å². The first-order chi connectivity index (χ1) is 13.6. The molecule has 0 spiro atoms. The second-order valence-electron chi connectivity index (χ2n) is 6.17. The number of benzene rings is 1. The van der Waals surface area contributed by atoms with Crippen LogP contribution in [0.25, 0.3) is 11.3 Å². The number of nitrogens with zero attached hydrogens (tertiary/aromatic N) is 4. The zero-order valence-electron chi connectivity index (χ0n) is 15.5. The Balaban J connectivity index is 1.91. The quantitative estimate of drug-likeness (QED) is 0.461. The molecule has 3 heterocycles. The summed E-state index contributed by atoms with van der Waals surface area (Å²) in [5.41, 5.74) is 2.02. The Morgan fingerprint density at radius 2 is 2.14 bits per heavy atom. The van der Waals surface area contributed by atoms with E-state index in [2.05, 4.69) is 21.8 Å². The van der Waals surface area contributed by atoms with Crippen molar-refractivity contribution in [3.8, 4) is 17.1 Å². The summed E-state index contributed by atoms with van der Waals surface area (Å²) < 4.78 is 6.30. The third-order valence-electron chi connectivity index (χ3n) is 4.19. The Morgan fingerprint density at radius 3 is 2.86 bits per heavy atom. The maximum Gasteiger partial charge on any atom is 0.247 e. The van der Waals surface area contributed by atoms with Gasteiger partial charge in [0.15, 0.2) is 5.69 Å². The first kappa shape index (κ1) is 18.6. The van der Waals surface area contributed by atoms with Crippen molar-refractivity contribution < 1.29 is 9.53 Å². The van der Waals surface area contributed by atoms with Crippen molar-refractivity contribution in [1.82, 2.24) is 15.2 Å². The van der Waals surface area contributed by atoms with Gasteiger partial charge in [0.05, 0.1) is 10.6 Å². The zero-order chi connectivity index (χ0) is 19.7. The number of para-hydroxylation sites is 1. The Morgan fingerprint density at radius 1 is 1.32 bits per heavy atom. The number of hydrogen-bond donors (Lipinski definition) is 0. The van der Waals surface area contributed by atoms with Crippen LogP contribution in [0, 0.1) is 6.92 Å². The Bertz CT molecular complexity index is 1050. The van der Waals surface area contributed by atoms with Crippen LogP contribution in [0.2, 0.25) is 0 Å². The lowest BCUT2D eigenvalue weighted by molar-refractivity contribution is -0.118. The van der Waals surface area contributed by atoms with Crippen molar-refractivity contribution in [3.05, 3.63) is 58.8 Å². The molecule has 3 aromatic rings. The number of fused-ring (bicyclic) bond motifs is 3. The molecule has 142 valence electrons. The second-order valence-corrected chi connectivity index (χ2v) is 8.48. The number of thioether (sulfide) groups is 1. The van der Waals surface area contributed by atoms with Crippen molar-refractivity contribution in [1.29, 1.82) is 0 Å². The van der Waals surface area contributed by atoms with Crippen LogP contribution < -0.4 is 9.64 Å². The Kier molecular flexibility index (Phi) is 5.15. The zero-order valence-corrected chi connectivity index (χ0v) is 17.1. The minimum Gasteiger partial charge on any atom is -0.446 e. The predicted octanol–water partition coefficient (Wildman–Crippen LogP) is 4.63. The monoisotopic (exact) mass is 410 g/mol. The fourth-order valence-corrected chi connectivity index (χ4v) is 4.43. The molecular weight excluding hydrogens is 392 g/mol. The van der Waals surface area contributed by atoms with Crippen LogP contribution in [-0.2, 0) is 4.79 Å². The van der Waals surface area contributed by atoms with Gasteiger partial charge in [0.25, 0.3) is 0 Å². The van der Waals surface area contributed by atoms with Crippen molar-refractivity contribution in [3.63, 3.8) is 0 Å². The minimum atomic E-state index is -0.618. The van der Waals surface area contributed by atoms with Gasteiger partial charge in [-0.15, -0.1) is 28.1 Å². The number of anilines is 1. The molecule has 0 saturated heterocycles. The van der Waals surface area contributed by atoms with Crippen molar-refractivity contribution in [2.45, 2.75) is 25.2 Å². The lowest BCUT2D eigenvalue weighted by Crippen LogP contribution is -2.35. The van der Waals surface area contributed by atoms with Gasteiger partial charge in [-0.1, -0.05) is 36.0 Å². The van der Waals surface area contributed by atoms with Crippen LogP contribution in [0.1, 0.15) is 22.9 Å². The molecule has 1 aliphatic heterocycles. The number of thiophene rings is 1. The molecule has 1 amide bonds. The van der Waals surface area contributed by atoms with Crippen LogP contribution in [0.3, 0.4) is 0 Å². The maximum absolute atomic E-state index is 12.6. The third kappa shape index (κ3) is 3.41. The fourth-order valence-electron chi connectivity index (χ4n) is 3.02. The molecule has 0 N–H and O–H groups in total. The van der Waals surface area contributed by atoms with Crippen molar-refractivity contribution in [2.75, 3.05) is 10.7 Å². The predicted molar refractivity (Wildman–Crippen MR) is 112 cm³/mol. The first-order valence-electron chi connectivity index (χ1n) is 8.69. The molecule has 0 unspecified atom stereocenters. The van der Waals surface area contributed by atoms with E-state index in [1.54, 1.807) is 22.3 Å². The van der Waals surface area contributed by atoms with E-state index in [0.717, 1.165) is 21.0 Å². The van der Waals surface area contributed by atoms with Gasteiger partial charge in [0.1, 0.15) is 0 Å². The van der Waals surface area contributed by atoms with Gasteiger partial charge in [0.2, 0.25) is 23.2 Å². The average molecular weight is 411 g/mol. The number of carbonyl (C=O) groups is 1. The molecular formula is C20H18N4O2S2. The molecule has 0 saturated carbocycles. The molecule has 0 aliphatic carbocycles. The number of aromatic nitrogens is 3. The summed E-state index contributed by atoms with van der Waals surface area (Å²) in [4.78, 5) is 20.9. The van der Waals surface area contributed by atoms with Crippen molar-refractivity contribution in [2.24, 2.45) is 0 Å². The van der Waals surface area contributed by atoms with E-state index in [9.17, 15) is 4.79 Å². The van der Waals surface area contributed by atoms with E-state index in [1.165, 1.54) is 18.7 Å². The van der Waals surface area contributed by atoms with Crippen LogP contribution >= 0.6 is 23.1 Å². The minimum absolute atomic E-state index is 0.120. The normalized spacial score (nSPS) is 15.2. The summed E-state index contributed by atoms with van der Waals surface area (Å²) >= 11 is 3.02. The van der Waals surface area contributed by atoms with Crippen LogP contribution in [-0.4, -0.2) is 26.8 Å². The molecule has 4 rings (SSSR count). The summed E-state index contributed by atoms with van der Waals surface area (Å²) in [6, 6.07) is 11.6. The smallest absolute Gasteiger partial charge is 0.247 e. The Labute approximate surface area is 171 Å². The van der Waals surface area contributed by atoms with E-state index in [-0.39, 0.29) is 5.91 Å². The average Bonchev–Trinajstić information content (AvgIpc) is 3.06. The third-order valence-corrected chi connectivity index (χ3v) is 6.05. The molecule has 2 aromatic heterocycles. The molecule has 0 radical (unpaired) electrons. The highest BCUT2D eigenvalue weighted by Gasteiger charge is 2.35. The molecule has 1 aromatic carbocycles. The van der Waals surface area contributed by atoms with E-state index < -0.39 is 6.23 Å². The van der Waals surface area contributed by atoms with Gasteiger partial charge in [-0.3, -0.25) is 9.69 Å². The van der Waals surface area contributed by atoms with Crippen molar-refractivity contribution >= 4 is 34.7 Å². The lowest BCUT2D eigenvalue weighted by atomic mass is 10.1. The highest BCUT2D eigenvalue weighted by atomic mass is 32.2. The molecule has 0 bridgehead atoms. The number of rotatable bonds is 4. The lowest BCUT2D eigenvalue weighted by Gasteiger charge is -2.28. The van der Waals surface area contributed by atoms with Gasteiger partial charge in [-0.2, -0.15) is 4.98 Å². The highest BCUT2D eigenvalue weighted by Crippen LogP contribution is 2.44. The number of ether oxygens (including phenoxy) is 1. The maximum atomic E-state index is 12.6. The molecule has 28 heavy (non-hydrogen) atoms. The second kappa shape index (κ2) is 7.73. The van der Waals surface area contributed by atoms with Crippen LogP contribution in [0.5, 0.6) is 5.88 Å². The van der Waals surface area contributed by atoms with E-state index >= 15 is 0 Å². The Hall–Kier alpha value is -2.71. The SMILES string of the molecule is C=CCSc1nnc2c(n1)O[C@H](c1ccc(C)s1)N(C(C)=O)c1ccccc1-2. The largest absolute Gasteiger partial charge is 0.446 e. The standard InChI is InChI=1S/C20H18N4O2S2/c1-4-11-27-20-21-18-17(22-23-20)14-7-5-6-8-15(14)24(13(3)25)19(26-18)16-10-9-12(2)28-16/h4-10,19H,1,11H2,2-3H3/t19-/m1/s1.